The topological polar surface area (TPSA) is 20.2 Å². The van der Waals surface area contributed by atoms with Crippen molar-refractivity contribution in [1.29, 1.82) is 0 Å². The fourth-order valence-corrected chi connectivity index (χ4v) is 3.53. The Balaban J connectivity index is 2.84. The molecule has 0 saturated carbocycles. The van der Waals surface area contributed by atoms with Gasteiger partial charge in [-0.1, -0.05) is 103 Å². The van der Waals surface area contributed by atoms with E-state index >= 15 is 0 Å². The Morgan fingerprint density at radius 3 is 1.44 bits per heavy atom. The molecule has 0 atom stereocenters. The number of phenolic OH excluding ortho intramolecular Hbond substituents is 1. The highest BCUT2D eigenvalue weighted by Gasteiger charge is 2.24. The molecule has 0 unspecified atom stereocenters. The van der Waals surface area contributed by atoms with Crippen LogP contribution < -0.4 is 0 Å². The molecule has 1 N–H and O–H groups in total. The zero-order valence-electron chi connectivity index (χ0n) is 18.4. The Morgan fingerprint density at radius 2 is 1.07 bits per heavy atom. The minimum atomic E-state index is 0.0217. The molecule has 27 heavy (non-hydrogen) atoms. The maximum Gasteiger partial charge on any atom is 0.127 e. The molecule has 0 radical (unpaired) electrons. The summed E-state index contributed by atoms with van der Waals surface area (Å²) in [5, 5.41) is 11.6. The molecule has 0 bridgehead atoms. The van der Waals surface area contributed by atoms with Crippen LogP contribution in [0.15, 0.2) is 30.3 Å². The van der Waals surface area contributed by atoms with E-state index in [0.717, 1.165) is 16.7 Å². The summed E-state index contributed by atoms with van der Waals surface area (Å²) in [7, 11) is 0. The van der Waals surface area contributed by atoms with Gasteiger partial charge in [-0.05, 0) is 44.6 Å². The van der Waals surface area contributed by atoms with Gasteiger partial charge in [0.25, 0.3) is 0 Å². The number of alkyl halides is 1. The number of phenols is 1. The molecule has 0 aliphatic heterocycles. The highest BCUT2D eigenvalue weighted by Crippen LogP contribution is 2.41. The van der Waals surface area contributed by atoms with E-state index in [2.05, 4.69) is 109 Å². The van der Waals surface area contributed by atoms with Crippen LogP contribution in [0.2, 0.25) is 0 Å². The third-order valence-corrected chi connectivity index (χ3v) is 5.78. The summed E-state index contributed by atoms with van der Waals surface area (Å²) in [6, 6.07) is 11.1. The SMILES string of the molecule is CC(C)(C)c1cc(-c2cc(C(C)(C)C)cc(CBr)c2O)cc(C(C)(C)C)c1. The van der Waals surface area contributed by atoms with Crippen molar-refractivity contribution in [3.63, 3.8) is 0 Å². The van der Waals surface area contributed by atoms with Crippen LogP contribution in [0.4, 0.5) is 0 Å². The van der Waals surface area contributed by atoms with Crippen molar-refractivity contribution in [2.75, 3.05) is 0 Å². The predicted molar refractivity (Wildman–Crippen MR) is 122 cm³/mol. The summed E-state index contributed by atoms with van der Waals surface area (Å²) in [4.78, 5) is 0. The van der Waals surface area contributed by atoms with E-state index in [4.69, 9.17) is 0 Å². The van der Waals surface area contributed by atoms with E-state index in [1.807, 2.05) is 0 Å². The van der Waals surface area contributed by atoms with E-state index in [9.17, 15) is 5.11 Å². The van der Waals surface area contributed by atoms with Crippen LogP contribution >= 0.6 is 15.9 Å². The van der Waals surface area contributed by atoms with Crippen LogP contribution in [0.3, 0.4) is 0 Å². The van der Waals surface area contributed by atoms with Crippen molar-refractivity contribution in [3.05, 3.63) is 52.6 Å². The van der Waals surface area contributed by atoms with Gasteiger partial charge in [-0.25, -0.2) is 0 Å². The number of halogens is 1. The standard InChI is InChI=1S/C25H35BrO/c1-23(2,3)18-10-16(11-19(13-18)24(4,5)6)21-14-20(25(7,8)9)12-17(15-26)22(21)27/h10-14,27H,15H2,1-9H3. The van der Waals surface area contributed by atoms with Gasteiger partial charge in [-0.15, -0.1) is 0 Å². The monoisotopic (exact) mass is 430 g/mol. The number of benzene rings is 2. The Morgan fingerprint density at radius 1 is 0.667 bits per heavy atom. The van der Waals surface area contributed by atoms with E-state index in [1.54, 1.807) is 0 Å². The fourth-order valence-electron chi connectivity index (χ4n) is 3.10. The lowest BCUT2D eigenvalue weighted by atomic mass is 9.78. The first-order valence-electron chi connectivity index (χ1n) is 9.73. The highest BCUT2D eigenvalue weighted by atomic mass is 79.9. The quantitative estimate of drug-likeness (QED) is 0.480. The Hall–Kier alpha value is -1.28. The van der Waals surface area contributed by atoms with Gasteiger partial charge in [0, 0.05) is 16.5 Å². The maximum atomic E-state index is 11.0. The predicted octanol–water partition coefficient (Wildman–Crippen LogP) is 7.85. The molecule has 0 heterocycles. The molecule has 0 fully saturated rings. The lowest BCUT2D eigenvalue weighted by molar-refractivity contribution is 0.471. The molecule has 0 saturated heterocycles. The largest absolute Gasteiger partial charge is 0.507 e. The van der Waals surface area contributed by atoms with Gasteiger partial charge in [0.15, 0.2) is 0 Å². The van der Waals surface area contributed by atoms with E-state index in [-0.39, 0.29) is 16.2 Å². The minimum Gasteiger partial charge on any atom is -0.507 e. The number of hydrogen-bond acceptors (Lipinski definition) is 1. The number of rotatable bonds is 2. The van der Waals surface area contributed by atoms with Crippen molar-refractivity contribution >= 4 is 15.9 Å². The van der Waals surface area contributed by atoms with E-state index < -0.39 is 0 Å². The summed E-state index contributed by atoms with van der Waals surface area (Å²) in [6.07, 6.45) is 0. The summed E-state index contributed by atoms with van der Waals surface area (Å²) < 4.78 is 0. The Labute approximate surface area is 174 Å². The Kier molecular flexibility index (Phi) is 5.93. The lowest BCUT2D eigenvalue weighted by Gasteiger charge is -2.27. The van der Waals surface area contributed by atoms with Crippen LogP contribution in [0.1, 0.15) is 84.6 Å². The molecule has 0 spiro atoms. The number of hydrogen-bond donors (Lipinski definition) is 1. The van der Waals surface area contributed by atoms with Gasteiger partial charge >= 0.3 is 0 Å². The summed E-state index contributed by atoms with van der Waals surface area (Å²) in [5.41, 5.74) is 6.91. The fraction of sp³-hybridized carbons (Fsp3) is 0.520. The molecule has 0 aliphatic carbocycles. The molecule has 148 valence electrons. The van der Waals surface area contributed by atoms with Crippen molar-refractivity contribution in [2.24, 2.45) is 0 Å². The van der Waals surface area contributed by atoms with Gasteiger partial charge in [-0.3, -0.25) is 0 Å². The molecular weight excluding hydrogens is 396 g/mol. The second-order valence-electron chi connectivity index (χ2n) is 10.7. The second-order valence-corrected chi connectivity index (χ2v) is 11.3. The highest BCUT2D eigenvalue weighted by molar-refractivity contribution is 9.08. The Bertz CT molecular complexity index is 795. The molecule has 2 aromatic carbocycles. The zero-order chi connectivity index (χ0) is 20.8. The van der Waals surface area contributed by atoms with Gasteiger partial charge in [-0.2, -0.15) is 0 Å². The summed E-state index contributed by atoms with van der Waals surface area (Å²) >= 11 is 3.55. The molecule has 2 aromatic rings. The van der Waals surface area contributed by atoms with Crippen LogP contribution in [-0.2, 0) is 21.6 Å². The van der Waals surface area contributed by atoms with Crippen molar-refractivity contribution in [1.82, 2.24) is 0 Å². The van der Waals surface area contributed by atoms with Gasteiger partial charge in [0.1, 0.15) is 5.75 Å². The molecule has 0 aliphatic rings. The van der Waals surface area contributed by atoms with Gasteiger partial charge in [0.05, 0.1) is 0 Å². The first-order chi connectivity index (χ1) is 12.1. The molecule has 0 amide bonds. The second kappa shape index (κ2) is 7.28. The third-order valence-electron chi connectivity index (χ3n) is 5.17. The van der Waals surface area contributed by atoms with Crippen LogP contribution in [0.5, 0.6) is 5.75 Å². The minimum absolute atomic E-state index is 0.0217. The smallest absolute Gasteiger partial charge is 0.127 e. The molecule has 2 rings (SSSR count). The maximum absolute atomic E-state index is 11.0. The lowest BCUT2D eigenvalue weighted by Crippen LogP contribution is -2.16. The molecule has 0 aromatic heterocycles. The van der Waals surface area contributed by atoms with Gasteiger partial charge in [0.2, 0.25) is 0 Å². The third kappa shape index (κ3) is 4.96. The average molecular weight is 431 g/mol. The number of aromatic hydroxyl groups is 1. The molecule has 2 heteroatoms. The average Bonchev–Trinajstić information content (AvgIpc) is 2.51. The van der Waals surface area contributed by atoms with E-state index in [1.165, 1.54) is 16.7 Å². The van der Waals surface area contributed by atoms with Gasteiger partial charge < -0.3 is 5.11 Å². The van der Waals surface area contributed by atoms with Crippen LogP contribution in [0, 0.1) is 0 Å². The normalized spacial score (nSPS) is 13.1. The zero-order valence-corrected chi connectivity index (χ0v) is 20.0. The summed E-state index contributed by atoms with van der Waals surface area (Å²) in [6.45, 7) is 20.1. The van der Waals surface area contributed by atoms with Crippen molar-refractivity contribution in [2.45, 2.75) is 83.9 Å². The molecular formula is C25H35BrO. The van der Waals surface area contributed by atoms with Crippen molar-refractivity contribution < 1.29 is 5.11 Å². The van der Waals surface area contributed by atoms with Crippen LogP contribution in [-0.4, -0.2) is 5.11 Å². The van der Waals surface area contributed by atoms with Crippen molar-refractivity contribution in [3.8, 4) is 16.9 Å². The first-order valence-corrected chi connectivity index (χ1v) is 10.9. The van der Waals surface area contributed by atoms with Crippen LogP contribution in [0.25, 0.3) is 11.1 Å². The summed E-state index contributed by atoms with van der Waals surface area (Å²) in [5.74, 6) is 0.380. The first kappa shape index (κ1) is 22.0. The molecule has 1 nitrogen and oxygen atoms in total. The van der Waals surface area contributed by atoms with E-state index in [0.29, 0.717) is 11.1 Å².